The number of carbonyl (C=O) groups excluding carboxylic acids is 1. The highest BCUT2D eigenvalue weighted by Crippen LogP contribution is 2.21. The number of nitrogens with zero attached hydrogens (tertiary/aromatic N) is 1. The summed E-state index contributed by atoms with van der Waals surface area (Å²) in [5.41, 5.74) is 1.15. The molecule has 1 heterocycles. The van der Waals surface area contributed by atoms with Gasteiger partial charge in [-0.05, 0) is 23.8 Å². The summed E-state index contributed by atoms with van der Waals surface area (Å²) >= 11 is 5.84. The van der Waals surface area contributed by atoms with E-state index in [4.69, 9.17) is 11.6 Å². The van der Waals surface area contributed by atoms with Gasteiger partial charge in [0, 0.05) is 17.9 Å². The molecule has 0 radical (unpaired) electrons. The van der Waals surface area contributed by atoms with Crippen LogP contribution in [0.5, 0.6) is 0 Å². The molecule has 1 aromatic heterocycles. The number of hydrogen-bond acceptors (Lipinski definition) is 2. The molecule has 0 spiro atoms. The fourth-order valence-corrected chi connectivity index (χ4v) is 1.62. The van der Waals surface area contributed by atoms with Crippen LogP contribution in [-0.2, 0) is 11.2 Å². The van der Waals surface area contributed by atoms with Crippen molar-refractivity contribution in [2.45, 2.75) is 6.42 Å². The molecule has 2 nitrogen and oxygen atoms in total. The van der Waals surface area contributed by atoms with Crippen molar-refractivity contribution in [3.05, 3.63) is 40.8 Å². The fourth-order valence-electron chi connectivity index (χ4n) is 1.39. The Labute approximate surface area is 90.7 Å². The molecule has 0 saturated heterocycles. The van der Waals surface area contributed by atoms with E-state index in [9.17, 15) is 9.18 Å². The summed E-state index contributed by atoms with van der Waals surface area (Å²) in [4.78, 5) is 14.4. The average molecular weight is 224 g/mol. The van der Waals surface area contributed by atoms with Gasteiger partial charge in [0.15, 0.2) is 0 Å². The Bertz CT molecular complexity index is 527. The Morgan fingerprint density at radius 3 is 2.93 bits per heavy atom. The molecule has 0 aliphatic rings. The summed E-state index contributed by atoms with van der Waals surface area (Å²) in [7, 11) is 0. The Morgan fingerprint density at radius 1 is 1.40 bits per heavy atom. The highest BCUT2D eigenvalue weighted by molar-refractivity contribution is 6.30. The van der Waals surface area contributed by atoms with Crippen LogP contribution in [0.3, 0.4) is 0 Å². The monoisotopic (exact) mass is 223 g/mol. The fraction of sp³-hybridized carbons (Fsp3) is 0.0909. The first-order valence-corrected chi connectivity index (χ1v) is 4.77. The van der Waals surface area contributed by atoms with Crippen LogP contribution in [0.1, 0.15) is 5.56 Å². The van der Waals surface area contributed by atoms with Gasteiger partial charge in [-0.2, -0.15) is 0 Å². The number of benzene rings is 1. The zero-order valence-corrected chi connectivity index (χ0v) is 8.46. The van der Waals surface area contributed by atoms with E-state index in [1.54, 1.807) is 12.1 Å². The van der Waals surface area contributed by atoms with Gasteiger partial charge >= 0.3 is 0 Å². The van der Waals surface area contributed by atoms with E-state index in [1.165, 1.54) is 12.1 Å². The number of pyridine rings is 1. The third-order valence-corrected chi connectivity index (χ3v) is 2.44. The first-order valence-electron chi connectivity index (χ1n) is 4.39. The zero-order chi connectivity index (χ0) is 10.8. The summed E-state index contributed by atoms with van der Waals surface area (Å²) < 4.78 is 12.9. The number of aldehydes is 1. The van der Waals surface area contributed by atoms with Crippen molar-refractivity contribution in [2.75, 3.05) is 0 Å². The number of rotatable bonds is 2. The highest BCUT2D eigenvalue weighted by Gasteiger charge is 2.05. The largest absolute Gasteiger partial charge is 0.303 e. The van der Waals surface area contributed by atoms with E-state index in [0.29, 0.717) is 11.1 Å². The second kappa shape index (κ2) is 3.95. The molecule has 0 fully saturated rings. The second-order valence-corrected chi connectivity index (χ2v) is 3.50. The summed E-state index contributed by atoms with van der Waals surface area (Å²) in [6, 6.07) is 6.02. The quantitative estimate of drug-likeness (QED) is 0.579. The normalized spacial score (nSPS) is 10.5. The van der Waals surface area contributed by atoms with Gasteiger partial charge < -0.3 is 4.79 Å². The molecule has 0 aliphatic carbocycles. The molecule has 2 rings (SSSR count). The van der Waals surface area contributed by atoms with Gasteiger partial charge in [-0.25, -0.2) is 9.37 Å². The molecular weight excluding hydrogens is 217 g/mol. The Hall–Kier alpha value is -1.48. The molecule has 0 N–H and O–H groups in total. The third kappa shape index (κ3) is 1.97. The Kier molecular flexibility index (Phi) is 2.64. The van der Waals surface area contributed by atoms with Crippen molar-refractivity contribution in [3.8, 4) is 0 Å². The number of aromatic nitrogens is 1. The van der Waals surface area contributed by atoms with Gasteiger partial charge in [0.1, 0.15) is 17.3 Å². The van der Waals surface area contributed by atoms with Crippen LogP contribution in [-0.4, -0.2) is 11.3 Å². The minimum atomic E-state index is -0.353. The Balaban J connectivity index is 2.64. The lowest BCUT2D eigenvalue weighted by molar-refractivity contribution is -0.107. The van der Waals surface area contributed by atoms with Crippen LogP contribution >= 0.6 is 11.6 Å². The molecule has 4 heteroatoms. The van der Waals surface area contributed by atoms with E-state index in [0.717, 1.165) is 11.7 Å². The SMILES string of the molecule is O=CCc1cc2ccc(F)cc2nc1Cl. The maximum absolute atomic E-state index is 12.9. The average Bonchev–Trinajstić information content (AvgIpc) is 2.20. The minimum Gasteiger partial charge on any atom is -0.303 e. The molecule has 0 aliphatic heterocycles. The lowest BCUT2D eigenvalue weighted by Crippen LogP contribution is -1.91. The van der Waals surface area contributed by atoms with Crippen LogP contribution in [0.2, 0.25) is 5.15 Å². The van der Waals surface area contributed by atoms with E-state index >= 15 is 0 Å². The smallest absolute Gasteiger partial charge is 0.133 e. The lowest BCUT2D eigenvalue weighted by Gasteiger charge is -2.02. The van der Waals surface area contributed by atoms with Crippen LogP contribution in [0.4, 0.5) is 4.39 Å². The predicted molar refractivity (Wildman–Crippen MR) is 56.5 cm³/mol. The summed E-state index contributed by atoms with van der Waals surface area (Å²) in [5.74, 6) is -0.353. The number of carbonyl (C=O) groups is 1. The topological polar surface area (TPSA) is 30.0 Å². The van der Waals surface area contributed by atoms with E-state index in [2.05, 4.69) is 4.98 Å². The maximum atomic E-state index is 12.9. The van der Waals surface area contributed by atoms with Gasteiger partial charge in [0.2, 0.25) is 0 Å². The van der Waals surface area contributed by atoms with Crippen molar-refractivity contribution < 1.29 is 9.18 Å². The summed E-state index contributed by atoms with van der Waals surface area (Å²) in [6.07, 6.45) is 0.984. The van der Waals surface area contributed by atoms with E-state index in [1.807, 2.05) is 0 Å². The third-order valence-electron chi connectivity index (χ3n) is 2.11. The van der Waals surface area contributed by atoms with Crippen molar-refractivity contribution in [1.29, 1.82) is 0 Å². The van der Waals surface area contributed by atoms with Crippen LogP contribution in [0.25, 0.3) is 10.9 Å². The molecule has 0 saturated carbocycles. The van der Waals surface area contributed by atoms with Gasteiger partial charge in [0.25, 0.3) is 0 Å². The molecule has 0 bridgehead atoms. The van der Waals surface area contributed by atoms with Gasteiger partial charge in [0.05, 0.1) is 5.52 Å². The van der Waals surface area contributed by atoms with Crippen molar-refractivity contribution in [3.63, 3.8) is 0 Å². The predicted octanol–water partition coefficient (Wildman–Crippen LogP) is 2.77. The summed E-state index contributed by atoms with van der Waals surface area (Å²) in [6.45, 7) is 0. The van der Waals surface area contributed by atoms with Gasteiger partial charge in [-0.15, -0.1) is 0 Å². The van der Waals surface area contributed by atoms with Gasteiger partial charge in [-0.3, -0.25) is 0 Å². The molecule has 0 atom stereocenters. The maximum Gasteiger partial charge on any atom is 0.133 e. The molecule has 1 aromatic carbocycles. The molecule has 0 unspecified atom stereocenters. The van der Waals surface area contributed by atoms with E-state index < -0.39 is 0 Å². The van der Waals surface area contributed by atoms with Crippen LogP contribution in [0.15, 0.2) is 24.3 Å². The Morgan fingerprint density at radius 2 is 2.20 bits per heavy atom. The molecular formula is C11H7ClFNO. The first kappa shape index (κ1) is 10.1. The minimum absolute atomic E-state index is 0.221. The first-order chi connectivity index (χ1) is 7.20. The molecule has 0 amide bonds. The molecule has 2 aromatic rings. The molecule has 15 heavy (non-hydrogen) atoms. The van der Waals surface area contributed by atoms with Gasteiger partial charge in [-0.1, -0.05) is 11.6 Å². The zero-order valence-electron chi connectivity index (χ0n) is 7.71. The van der Waals surface area contributed by atoms with Crippen molar-refractivity contribution >= 4 is 28.8 Å². The molecule has 76 valence electrons. The second-order valence-electron chi connectivity index (χ2n) is 3.15. The number of fused-ring (bicyclic) bond motifs is 1. The van der Waals surface area contributed by atoms with Crippen LogP contribution < -0.4 is 0 Å². The van der Waals surface area contributed by atoms with Crippen molar-refractivity contribution in [1.82, 2.24) is 4.98 Å². The highest BCUT2D eigenvalue weighted by atomic mass is 35.5. The van der Waals surface area contributed by atoms with E-state index in [-0.39, 0.29) is 17.4 Å². The van der Waals surface area contributed by atoms with Crippen LogP contribution in [0, 0.1) is 5.82 Å². The number of halogens is 2. The standard InChI is InChI=1S/C11H7ClFNO/c12-11-8(3-4-15)5-7-1-2-9(13)6-10(7)14-11/h1-2,4-6H,3H2. The van der Waals surface area contributed by atoms with Crippen molar-refractivity contribution in [2.24, 2.45) is 0 Å². The number of hydrogen-bond donors (Lipinski definition) is 0. The summed E-state index contributed by atoms with van der Waals surface area (Å²) in [5, 5.41) is 1.03. The lowest BCUT2D eigenvalue weighted by atomic mass is 10.1.